The Bertz CT molecular complexity index is 111. The number of aliphatic hydroxyl groups is 2. The Kier molecular flexibility index (Phi) is 5.78. The summed E-state index contributed by atoms with van der Waals surface area (Å²) in [4.78, 5) is 10.6. The molecule has 0 rings (SSSR count). The zero-order valence-electron chi connectivity index (χ0n) is 6.62. The number of carbonyl (C=O) groups is 1. The number of aliphatic hydroxyl groups excluding tert-OH is 1. The van der Waals surface area contributed by atoms with Gasteiger partial charge in [-0.3, -0.25) is 4.79 Å². The number of unbranched alkanes of at least 4 members (excludes halogenated alkanes) is 1. The quantitative estimate of drug-likeness (QED) is 0.340. The van der Waals surface area contributed by atoms with Crippen LogP contribution < -0.4 is 0 Å². The summed E-state index contributed by atoms with van der Waals surface area (Å²) in [6.45, 7) is 2.34. The number of hydrogen-bond acceptors (Lipinski definition) is 4. The average Bonchev–Trinajstić information content (AvgIpc) is 1.86. The second-order valence-electron chi connectivity index (χ2n) is 2.26. The van der Waals surface area contributed by atoms with Crippen LogP contribution in [0, 0.1) is 0 Å². The molecule has 4 nitrogen and oxygen atoms in total. The highest BCUT2D eigenvalue weighted by molar-refractivity contribution is 5.69. The van der Waals surface area contributed by atoms with E-state index in [4.69, 9.17) is 10.2 Å². The van der Waals surface area contributed by atoms with Gasteiger partial charge < -0.3 is 14.9 Å². The molecule has 0 aliphatic rings. The first-order valence-corrected chi connectivity index (χ1v) is 3.68. The van der Waals surface area contributed by atoms with Gasteiger partial charge >= 0.3 is 5.97 Å². The van der Waals surface area contributed by atoms with E-state index in [-0.39, 0.29) is 6.42 Å². The maximum Gasteiger partial charge on any atom is 0.310 e. The molecule has 0 aliphatic carbocycles. The smallest absolute Gasteiger partial charge is 0.310 e. The normalized spacial score (nSPS) is 10.2. The van der Waals surface area contributed by atoms with Gasteiger partial charge in [-0.25, -0.2) is 0 Å². The van der Waals surface area contributed by atoms with Gasteiger partial charge in [0, 0.05) is 0 Å². The molecule has 0 aliphatic heterocycles. The number of carbonyl (C=O) groups excluding carboxylic acids is 1. The third-order valence-electron chi connectivity index (χ3n) is 1.11. The molecular formula is C7H14O4. The van der Waals surface area contributed by atoms with Gasteiger partial charge in [-0.2, -0.15) is 0 Å². The van der Waals surface area contributed by atoms with Crippen molar-refractivity contribution in [1.82, 2.24) is 0 Å². The predicted molar refractivity (Wildman–Crippen MR) is 38.7 cm³/mol. The SMILES string of the molecule is CCCCOC(=O)CC(O)O. The van der Waals surface area contributed by atoms with Crippen LogP contribution in [-0.4, -0.2) is 29.1 Å². The van der Waals surface area contributed by atoms with Crippen LogP contribution in [0.5, 0.6) is 0 Å². The third kappa shape index (κ3) is 7.29. The van der Waals surface area contributed by atoms with Gasteiger partial charge in [0.05, 0.1) is 13.0 Å². The van der Waals surface area contributed by atoms with E-state index in [2.05, 4.69) is 4.74 Å². The maximum absolute atomic E-state index is 10.6. The van der Waals surface area contributed by atoms with E-state index in [1.807, 2.05) is 6.92 Å². The van der Waals surface area contributed by atoms with Crippen molar-refractivity contribution in [2.75, 3.05) is 6.61 Å². The minimum absolute atomic E-state index is 0.344. The van der Waals surface area contributed by atoms with Gasteiger partial charge in [-0.15, -0.1) is 0 Å². The minimum Gasteiger partial charge on any atom is -0.466 e. The molecule has 0 aromatic carbocycles. The zero-order valence-corrected chi connectivity index (χ0v) is 6.62. The van der Waals surface area contributed by atoms with Gasteiger partial charge in [0.2, 0.25) is 0 Å². The molecule has 0 fully saturated rings. The van der Waals surface area contributed by atoms with Crippen molar-refractivity contribution in [2.24, 2.45) is 0 Å². The van der Waals surface area contributed by atoms with Gasteiger partial charge in [0.1, 0.15) is 0 Å². The summed E-state index contributed by atoms with van der Waals surface area (Å²) in [5, 5.41) is 16.7. The Hall–Kier alpha value is -0.610. The first-order valence-electron chi connectivity index (χ1n) is 3.68. The first kappa shape index (κ1) is 10.4. The highest BCUT2D eigenvalue weighted by atomic mass is 16.5. The molecule has 0 amide bonds. The minimum atomic E-state index is -1.59. The fourth-order valence-electron chi connectivity index (χ4n) is 0.538. The molecule has 0 aromatic rings. The highest BCUT2D eigenvalue weighted by Crippen LogP contribution is 1.93. The molecule has 0 bridgehead atoms. The van der Waals surface area contributed by atoms with Gasteiger partial charge in [-0.1, -0.05) is 13.3 Å². The third-order valence-corrected chi connectivity index (χ3v) is 1.11. The maximum atomic E-state index is 10.6. The summed E-state index contributed by atoms with van der Waals surface area (Å²) >= 11 is 0. The van der Waals surface area contributed by atoms with E-state index in [9.17, 15) is 4.79 Å². The summed E-state index contributed by atoms with van der Waals surface area (Å²) in [5.74, 6) is -0.562. The number of rotatable bonds is 5. The molecule has 0 saturated heterocycles. The average molecular weight is 162 g/mol. The fourth-order valence-corrected chi connectivity index (χ4v) is 0.538. The van der Waals surface area contributed by atoms with Crippen molar-refractivity contribution in [3.05, 3.63) is 0 Å². The van der Waals surface area contributed by atoms with Crippen molar-refractivity contribution in [3.63, 3.8) is 0 Å². The Morgan fingerprint density at radius 2 is 2.18 bits per heavy atom. The number of ether oxygens (including phenoxy) is 1. The summed E-state index contributed by atoms with van der Waals surface area (Å²) in [5.41, 5.74) is 0. The standard InChI is InChI=1S/C7H14O4/c1-2-3-4-11-7(10)5-6(8)9/h6,8-9H,2-5H2,1H3. The topological polar surface area (TPSA) is 66.8 Å². The Balaban J connectivity index is 3.23. The van der Waals surface area contributed by atoms with Crippen molar-refractivity contribution < 1.29 is 19.7 Å². The molecule has 0 aromatic heterocycles. The van der Waals surface area contributed by atoms with E-state index < -0.39 is 12.3 Å². The molecule has 0 heterocycles. The number of hydrogen-bond donors (Lipinski definition) is 2. The lowest BCUT2D eigenvalue weighted by molar-refractivity contribution is -0.152. The summed E-state index contributed by atoms with van der Waals surface area (Å²) in [6.07, 6.45) is -0.171. The highest BCUT2D eigenvalue weighted by Gasteiger charge is 2.07. The van der Waals surface area contributed by atoms with Crippen molar-refractivity contribution in [1.29, 1.82) is 0 Å². The van der Waals surface area contributed by atoms with Crippen LogP contribution in [0.25, 0.3) is 0 Å². The van der Waals surface area contributed by atoms with Gasteiger partial charge in [0.25, 0.3) is 0 Å². The second kappa shape index (κ2) is 6.12. The largest absolute Gasteiger partial charge is 0.466 e. The monoisotopic (exact) mass is 162 g/mol. The van der Waals surface area contributed by atoms with Crippen molar-refractivity contribution in [3.8, 4) is 0 Å². The molecule has 11 heavy (non-hydrogen) atoms. The fraction of sp³-hybridized carbons (Fsp3) is 0.857. The lowest BCUT2D eigenvalue weighted by Crippen LogP contribution is -2.15. The second-order valence-corrected chi connectivity index (χ2v) is 2.26. The van der Waals surface area contributed by atoms with E-state index in [1.165, 1.54) is 0 Å². The number of esters is 1. The van der Waals surface area contributed by atoms with Crippen LogP contribution >= 0.6 is 0 Å². The lowest BCUT2D eigenvalue weighted by atomic mass is 10.3. The summed E-state index contributed by atoms with van der Waals surface area (Å²) < 4.78 is 4.63. The molecular weight excluding hydrogens is 148 g/mol. The first-order chi connectivity index (χ1) is 5.16. The van der Waals surface area contributed by atoms with E-state index in [0.717, 1.165) is 12.8 Å². The van der Waals surface area contributed by atoms with E-state index >= 15 is 0 Å². The van der Waals surface area contributed by atoms with Crippen LogP contribution in [0.3, 0.4) is 0 Å². The van der Waals surface area contributed by atoms with Gasteiger partial charge in [0.15, 0.2) is 6.29 Å². The van der Waals surface area contributed by atoms with E-state index in [0.29, 0.717) is 6.61 Å². The molecule has 66 valence electrons. The summed E-state index contributed by atoms with van der Waals surface area (Å²) in [6, 6.07) is 0. The van der Waals surface area contributed by atoms with Crippen LogP contribution in [0.4, 0.5) is 0 Å². The Morgan fingerprint density at radius 1 is 1.55 bits per heavy atom. The Morgan fingerprint density at radius 3 is 2.64 bits per heavy atom. The molecule has 0 radical (unpaired) electrons. The molecule has 0 saturated carbocycles. The van der Waals surface area contributed by atoms with E-state index in [1.54, 1.807) is 0 Å². The Labute approximate surface area is 65.8 Å². The van der Waals surface area contributed by atoms with Crippen molar-refractivity contribution >= 4 is 5.97 Å². The molecule has 0 unspecified atom stereocenters. The van der Waals surface area contributed by atoms with Crippen LogP contribution in [0.2, 0.25) is 0 Å². The van der Waals surface area contributed by atoms with Crippen LogP contribution in [0.1, 0.15) is 26.2 Å². The molecule has 0 atom stereocenters. The van der Waals surface area contributed by atoms with Gasteiger partial charge in [-0.05, 0) is 6.42 Å². The van der Waals surface area contributed by atoms with Crippen molar-refractivity contribution in [2.45, 2.75) is 32.5 Å². The predicted octanol–water partition coefficient (Wildman–Crippen LogP) is 0.0305. The lowest BCUT2D eigenvalue weighted by Gasteiger charge is -2.03. The molecule has 2 N–H and O–H groups in total. The zero-order chi connectivity index (χ0) is 8.69. The van der Waals surface area contributed by atoms with Crippen LogP contribution in [-0.2, 0) is 9.53 Å². The summed E-state index contributed by atoms with van der Waals surface area (Å²) in [7, 11) is 0. The van der Waals surface area contributed by atoms with Crippen LogP contribution in [0.15, 0.2) is 0 Å². The molecule has 4 heteroatoms. The molecule has 0 spiro atoms.